The minimum atomic E-state index is -1.28. The summed E-state index contributed by atoms with van der Waals surface area (Å²) < 4.78 is 26.9. The second-order valence-electron chi connectivity index (χ2n) is 8.92. The van der Waals surface area contributed by atoms with Gasteiger partial charge in [0, 0.05) is 24.8 Å². The number of nitriles is 1. The van der Waals surface area contributed by atoms with Gasteiger partial charge in [0.2, 0.25) is 0 Å². The van der Waals surface area contributed by atoms with Crippen LogP contribution in [0.1, 0.15) is 28.7 Å². The summed E-state index contributed by atoms with van der Waals surface area (Å²) in [5.74, 6) is -1.25. The van der Waals surface area contributed by atoms with Gasteiger partial charge >= 0.3 is 0 Å². The SMILES string of the molecule is CN(Cc1ccc(F)c(F)c1)C(O)c1nc(C#N)cnc1NCc1ccc(-c2cnc3[nH]nc(N)c3c2)cc1. The second kappa shape index (κ2) is 10.8. The average Bonchev–Trinajstić information content (AvgIpc) is 3.33. The van der Waals surface area contributed by atoms with E-state index in [2.05, 4.69) is 30.5 Å². The minimum Gasteiger partial charge on any atom is -0.382 e. The molecule has 0 fully saturated rings. The lowest BCUT2D eigenvalue weighted by molar-refractivity contribution is 0.0120. The van der Waals surface area contributed by atoms with Crippen molar-refractivity contribution in [2.45, 2.75) is 19.3 Å². The molecule has 1 unspecified atom stereocenters. The number of rotatable bonds is 8. The zero-order valence-electron chi connectivity index (χ0n) is 20.7. The van der Waals surface area contributed by atoms with Crippen LogP contribution in [0.25, 0.3) is 22.2 Å². The number of hydrogen-bond acceptors (Lipinski definition) is 9. The van der Waals surface area contributed by atoms with Crippen LogP contribution in [0.5, 0.6) is 0 Å². The molecule has 2 aromatic carbocycles. The molecule has 0 spiro atoms. The van der Waals surface area contributed by atoms with Crippen molar-refractivity contribution in [3.63, 3.8) is 0 Å². The molecular weight excluding hydrogens is 504 g/mol. The summed E-state index contributed by atoms with van der Waals surface area (Å²) in [6, 6.07) is 15.1. The normalized spacial score (nSPS) is 12.0. The molecule has 12 heteroatoms. The van der Waals surface area contributed by atoms with Crippen molar-refractivity contribution in [1.29, 1.82) is 5.26 Å². The number of benzene rings is 2. The van der Waals surface area contributed by atoms with E-state index >= 15 is 0 Å². The average molecular weight is 528 g/mol. The number of aromatic amines is 1. The number of halogens is 2. The molecular formula is C27H23F2N9O. The van der Waals surface area contributed by atoms with Gasteiger partial charge in [-0.1, -0.05) is 30.3 Å². The van der Waals surface area contributed by atoms with Gasteiger partial charge in [0.25, 0.3) is 0 Å². The smallest absolute Gasteiger partial charge is 0.159 e. The third-order valence-corrected chi connectivity index (χ3v) is 6.19. The van der Waals surface area contributed by atoms with Crippen molar-refractivity contribution >= 4 is 22.7 Å². The quantitative estimate of drug-likeness (QED) is 0.220. The van der Waals surface area contributed by atoms with Crippen LogP contribution in [-0.4, -0.2) is 42.2 Å². The molecule has 5 rings (SSSR count). The van der Waals surface area contributed by atoms with Gasteiger partial charge in [0.05, 0.1) is 11.6 Å². The molecule has 196 valence electrons. The number of anilines is 2. The van der Waals surface area contributed by atoms with E-state index in [-0.39, 0.29) is 23.8 Å². The molecule has 0 amide bonds. The highest BCUT2D eigenvalue weighted by Gasteiger charge is 2.22. The summed E-state index contributed by atoms with van der Waals surface area (Å²) in [6.07, 6.45) is 1.77. The van der Waals surface area contributed by atoms with Gasteiger partial charge in [-0.2, -0.15) is 10.4 Å². The van der Waals surface area contributed by atoms with Gasteiger partial charge in [-0.15, -0.1) is 0 Å². The molecule has 0 radical (unpaired) electrons. The lowest BCUT2D eigenvalue weighted by Gasteiger charge is -2.24. The maximum absolute atomic E-state index is 13.6. The molecule has 39 heavy (non-hydrogen) atoms. The molecule has 0 saturated carbocycles. The van der Waals surface area contributed by atoms with Gasteiger partial charge in [0.15, 0.2) is 40.8 Å². The Morgan fingerprint density at radius 1 is 1.05 bits per heavy atom. The number of nitrogens with zero attached hydrogens (tertiary/aromatic N) is 6. The van der Waals surface area contributed by atoms with E-state index in [1.165, 1.54) is 17.2 Å². The fraction of sp³-hybridized carbons (Fsp3) is 0.148. The molecule has 0 aliphatic rings. The van der Waals surface area contributed by atoms with Crippen LogP contribution in [-0.2, 0) is 13.1 Å². The van der Waals surface area contributed by atoms with E-state index in [0.717, 1.165) is 34.2 Å². The van der Waals surface area contributed by atoms with Crippen molar-refractivity contribution < 1.29 is 13.9 Å². The summed E-state index contributed by atoms with van der Waals surface area (Å²) >= 11 is 0. The van der Waals surface area contributed by atoms with E-state index in [1.54, 1.807) is 13.2 Å². The Bertz CT molecular complexity index is 1680. The number of aliphatic hydroxyl groups excluding tert-OH is 1. The molecule has 5 aromatic rings. The maximum Gasteiger partial charge on any atom is 0.159 e. The Hall–Kier alpha value is -4.99. The first-order valence-corrected chi connectivity index (χ1v) is 11.8. The molecule has 0 bridgehead atoms. The first kappa shape index (κ1) is 25.7. The summed E-state index contributed by atoms with van der Waals surface area (Å²) in [7, 11) is 1.60. The Balaban J connectivity index is 1.31. The van der Waals surface area contributed by atoms with E-state index in [4.69, 9.17) is 5.73 Å². The number of pyridine rings is 1. The largest absolute Gasteiger partial charge is 0.382 e. The summed E-state index contributed by atoms with van der Waals surface area (Å²) in [6.45, 7) is 0.461. The number of hydrogen-bond donors (Lipinski definition) is 4. The first-order valence-electron chi connectivity index (χ1n) is 11.8. The third kappa shape index (κ3) is 5.49. The molecule has 3 heterocycles. The molecule has 10 nitrogen and oxygen atoms in total. The van der Waals surface area contributed by atoms with Crippen LogP contribution in [0.2, 0.25) is 0 Å². The monoisotopic (exact) mass is 527 g/mol. The lowest BCUT2D eigenvalue weighted by atomic mass is 10.0. The van der Waals surface area contributed by atoms with E-state index in [0.29, 0.717) is 23.6 Å². The minimum absolute atomic E-state index is 0.0315. The number of H-pyrrole nitrogens is 1. The van der Waals surface area contributed by atoms with E-state index in [9.17, 15) is 19.1 Å². The summed E-state index contributed by atoms with van der Waals surface area (Å²) in [4.78, 5) is 14.4. The van der Waals surface area contributed by atoms with Gasteiger partial charge in [-0.3, -0.25) is 10.00 Å². The molecule has 0 aliphatic heterocycles. The Kier molecular flexibility index (Phi) is 7.09. The topological polar surface area (TPSA) is 153 Å². The number of nitrogen functional groups attached to an aromatic ring is 1. The Morgan fingerprint density at radius 2 is 1.82 bits per heavy atom. The number of aliphatic hydroxyl groups is 1. The van der Waals surface area contributed by atoms with Crippen LogP contribution in [0.3, 0.4) is 0 Å². The molecule has 5 N–H and O–H groups in total. The van der Waals surface area contributed by atoms with Crippen molar-refractivity contribution in [3.8, 4) is 17.2 Å². The predicted molar refractivity (Wildman–Crippen MR) is 141 cm³/mol. The van der Waals surface area contributed by atoms with Gasteiger partial charge in [-0.25, -0.2) is 23.7 Å². The van der Waals surface area contributed by atoms with Crippen molar-refractivity contribution in [2.75, 3.05) is 18.1 Å². The Morgan fingerprint density at radius 3 is 2.56 bits per heavy atom. The van der Waals surface area contributed by atoms with Gasteiger partial charge in [-0.05, 0) is 41.9 Å². The zero-order chi connectivity index (χ0) is 27.5. The van der Waals surface area contributed by atoms with Crippen LogP contribution >= 0.6 is 0 Å². The van der Waals surface area contributed by atoms with Crippen LogP contribution < -0.4 is 11.1 Å². The number of aromatic nitrogens is 5. The molecule has 3 aromatic heterocycles. The number of nitrogens with one attached hydrogen (secondary N) is 2. The van der Waals surface area contributed by atoms with Crippen LogP contribution in [0.4, 0.5) is 20.4 Å². The van der Waals surface area contributed by atoms with E-state index < -0.39 is 17.9 Å². The van der Waals surface area contributed by atoms with Crippen LogP contribution in [0.15, 0.2) is 60.9 Å². The highest BCUT2D eigenvalue weighted by molar-refractivity contribution is 5.89. The zero-order valence-corrected chi connectivity index (χ0v) is 20.7. The lowest BCUT2D eigenvalue weighted by Crippen LogP contribution is -2.26. The van der Waals surface area contributed by atoms with Crippen LogP contribution in [0, 0.1) is 23.0 Å². The summed E-state index contributed by atoms with van der Waals surface area (Å²) in [5.41, 5.74) is 9.90. The fourth-order valence-corrected chi connectivity index (χ4v) is 4.08. The molecule has 0 aliphatic carbocycles. The second-order valence-corrected chi connectivity index (χ2v) is 8.92. The van der Waals surface area contributed by atoms with Crippen molar-refractivity contribution in [1.82, 2.24) is 30.0 Å². The van der Waals surface area contributed by atoms with Gasteiger partial charge < -0.3 is 16.2 Å². The first-order chi connectivity index (χ1) is 18.8. The Labute approximate surface area is 221 Å². The van der Waals surface area contributed by atoms with Gasteiger partial charge in [0.1, 0.15) is 11.8 Å². The number of fused-ring (bicyclic) bond motifs is 1. The highest BCUT2D eigenvalue weighted by Crippen LogP contribution is 2.26. The predicted octanol–water partition coefficient (Wildman–Crippen LogP) is 3.88. The van der Waals surface area contributed by atoms with Crippen molar-refractivity contribution in [3.05, 3.63) is 95.1 Å². The summed E-state index contributed by atoms with van der Waals surface area (Å²) in [5, 5.41) is 31.0. The molecule has 0 saturated heterocycles. The standard InChI is InChI=1S/C27H23F2N9O/c1-38(14-16-4-7-21(28)22(29)8-16)27(39)23-26(34-13-19(10-30)35-23)32-11-15-2-5-17(6-3-15)18-9-20-24(31)36-37-25(20)33-12-18/h2-9,12-13,27,39H,11,14H2,1H3,(H,32,34)(H3,31,33,36,37). The number of nitrogens with two attached hydrogens (primary N) is 1. The van der Waals surface area contributed by atoms with Crippen molar-refractivity contribution in [2.24, 2.45) is 0 Å². The van der Waals surface area contributed by atoms with E-state index in [1.807, 2.05) is 36.4 Å². The maximum atomic E-state index is 13.6. The third-order valence-electron chi connectivity index (χ3n) is 6.19. The molecule has 1 atom stereocenters. The highest BCUT2D eigenvalue weighted by atomic mass is 19.2. The fourth-order valence-electron chi connectivity index (χ4n) is 4.08.